The van der Waals surface area contributed by atoms with Crippen LogP contribution in [0.25, 0.3) is 0 Å². The molecule has 3 amide bonds. The van der Waals surface area contributed by atoms with Crippen LogP contribution in [0.15, 0.2) is 53.9 Å². The summed E-state index contributed by atoms with van der Waals surface area (Å²) in [6, 6.07) is 14.2. The van der Waals surface area contributed by atoms with Gasteiger partial charge < -0.3 is 10.1 Å². The molecule has 1 aliphatic rings. The Morgan fingerprint density at radius 2 is 2.00 bits per heavy atom. The van der Waals surface area contributed by atoms with Crippen molar-refractivity contribution in [2.24, 2.45) is 0 Å². The van der Waals surface area contributed by atoms with Gasteiger partial charge in [0.1, 0.15) is 12.4 Å². The summed E-state index contributed by atoms with van der Waals surface area (Å²) >= 11 is 1.57. The van der Waals surface area contributed by atoms with Crippen LogP contribution in [0.2, 0.25) is 0 Å². The van der Waals surface area contributed by atoms with Crippen molar-refractivity contribution in [2.75, 3.05) is 5.32 Å². The average molecular weight is 464 g/mol. The van der Waals surface area contributed by atoms with Crippen LogP contribution in [-0.4, -0.2) is 22.7 Å². The van der Waals surface area contributed by atoms with E-state index in [1.807, 2.05) is 31.4 Å². The fourth-order valence-electron chi connectivity index (χ4n) is 4.00. The largest absolute Gasteiger partial charge is 0.487 e. The van der Waals surface area contributed by atoms with Crippen molar-refractivity contribution in [1.82, 2.24) is 10.3 Å². The first-order valence-electron chi connectivity index (χ1n) is 10.8. The minimum atomic E-state index is -0.724. The van der Waals surface area contributed by atoms with Crippen molar-refractivity contribution in [3.8, 4) is 5.75 Å². The van der Waals surface area contributed by atoms with Gasteiger partial charge in [-0.3, -0.25) is 19.7 Å². The number of amides is 3. The summed E-state index contributed by atoms with van der Waals surface area (Å²) in [5, 5.41) is 8.27. The predicted octanol–water partition coefficient (Wildman–Crippen LogP) is 4.37. The Labute approximate surface area is 196 Å². The first-order chi connectivity index (χ1) is 15.9. The van der Waals surface area contributed by atoms with Gasteiger partial charge in [0.2, 0.25) is 11.8 Å². The highest BCUT2D eigenvalue weighted by atomic mass is 32.1. The molecule has 1 saturated heterocycles. The maximum absolute atomic E-state index is 12.8. The molecule has 7 nitrogen and oxygen atoms in total. The molecule has 8 heteroatoms. The summed E-state index contributed by atoms with van der Waals surface area (Å²) < 4.78 is 5.77. The lowest BCUT2D eigenvalue weighted by Crippen LogP contribution is -2.51. The summed E-state index contributed by atoms with van der Waals surface area (Å²) in [4.78, 5) is 41.3. The third-order valence-corrected chi connectivity index (χ3v) is 6.74. The van der Waals surface area contributed by atoms with Crippen LogP contribution >= 0.6 is 11.3 Å². The van der Waals surface area contributed by atoms with E-state index in [0.717, 1.165) is 16.3 Å². The number of aromatic nitrogens is 1. The van der Waals surface area contributed by atoms with Crippen molar-refractivity contribution < 1.29 is 19.1 Å². The van der Waals surface area contributed by atoms with Gasteiger partial charge in [0.25, 0.3) is 5.91 Å². The molecule has 2 heterocycles. The summed E-state index contributed by atoms with van der Waals surface area (Å²) in [6.07, 6.45) is 1.39. The summed E-state index contributed by atoms with van der Waals surface area (Å²) in [6.45, 7) is 4.23. The zero-order chi connectivity index (χ0) is 23.4. The van der Waals surface area contributed by atoms with Gasteiger partial charge in [-0.2, -0.15) is 0 Å². The number of ether oxygens (including phenoxy) is 1. The lowest BCUT2D eigenvalue weighted by Gasteiger charge is -2.35. The molecule has 0 spiro atoms. The molecule has 0 saturated carbocycles. The van der Waals surface area contributed by atoms with E-state index in [2.05, 4.69) is 15.6 Å². The number of rotatable bonds is 7. The molecule has 1 unspecified atom stereocenters. The molecule has 1 aliphatic heterocycles. The predicted molar refractivity (Wildman–Crippen MR) is 126 cm³/mol. The number of aryl methyl sites for hydroxylation is 1. The molecule has 0 aliphatic carbocycles. The van der Waals surface area contributed by atoms with E-state index < -0.39 is 5.41 Å². The van der Waals surface area contributed by atoms with Crippen molar-refractivity contribution in [3.05, 3.63) is 75.7 Å². The molecular formula is C25H25N3O4S. The number of nitrogens with zero attached hydrogens (tertiary/aromatic N) is 1. The summed E-state index contributed by atoms with van der Waals surface area (Å²) in [7, 11) is 0. The zero-order valence-electron chi connectivity index (χ0n) is 18.5. The number of hydrogen-bond acceptors (Lipinski definition) is 6. The second kappa shape index (κ2) is 9.54. The van der Waals surface area contributed by atoms with Crippen LogP contribution in [0.1, 0.15) is 52.8 Å². The topological polar surface area (TPSA) is 97.4 Å². The Kier molecular flexibility index (Phi) is 6.55. The lowest BCUT2D eigenvalue weighted by molar-refractivity contribution is -0.138. The fraction of sp³-hybridized carbons (Fsp3) is 0.280. The fourth-order valence-corrected chi connectivity index (χ4v) is 4.60. The van der Waals surface area contributed by atoms with E-state index in [4.69, 9.17) is 4.74 Å². The Morgan fingerprint density at radius 1 is 1.21 bits per heavy atom. The van der Waals surface area contributed by atoms with E-state index in [-0.39, 0.29) is 17.7 Å². The number of imide groups is 1. The molecule has 2 N–H and O–H groups in total. The van der Waals surface area contributed by atoms with E-state index in [0.29, 0.717) is 42.9 Å². The number of anilines is 1. The molecule has 4 rings (SSSR count). The summed E-state index contributed by atoms with van der Waals surface area (Å²) in [5.74, 6) is -0.168. The highest BCUT2D eigenvalue weighted by Crippen LogP contribution is 2.36. The van der Waals surface area contributed by atoms with E-state index in [1.54, 1.807) is 47.7 Å². The molecule has 0 radical (unpaired) electrons. The van der Waals surface area contributed by atoms with Gasteiger partial charge in [0.05, 0.1) is 16.1 Å². The number of thiazole rings is 1. The number of hydrogen-bond donors (Lipinski definition) is 2. The smallest absolute Gasteiger partial charge is 0.255 e. The SMILES string of the molecule is CCC1(c2ccc(NC(=O)c3cccc(OCc4csc(C)n4)c3)cc2)CCC(=O)NC1=O. The molecule has 170 valence electrons. The van der Waals surface area contributed by atoms with Gasteiger partial charge in [-0.1, -0.05) is 25.1 Å². The second-order valence-corrected chi connectivity index (χ2v) is 9.08. The molecule has 3 aromatic rings. The van der Waals surface area contributed by atoms with Crippen LogP contribution in [0, 0.1) is 6.92 Å². The van der Waals surface area contributed by atoms with Crippen LogP contribution in [-0.2, 0) is 21.6 Å². The molecular weight excluding hydrogens is 438 g/mol. The number of benzene rings is 2. The maximum Gasteiger partial charge on any atom is 0.255 e. The summed E-state index contributed by atoms with van der Waals surface area (Å²) in [5.41, 5.74) is 2.06. The monoisotopic (exact) mass is 463 g/mol. The van der Waals surface area contributed by atoms with Gasteiger partial charge >= 0.3 is 0 Å². The number of carbonyl (C=O) groups is 3. The van der Waals surface area contributed by atoms with Gasteiger partial charge in [-0.15, -0.1) is 11.3 Å². The van der Waals surface area contributed by atoms with Gasteiger partial charge in [-0.25, -0.2) is 4.98 Å². The Bertz CT molecular complexity index is 1190. The number of piperidine rings is 1. The van der Waals surface area contributed by atoms with Crippen LogP contribution in [0.4, 0.5) is 5.69 Å². The number of carbonyl (C=O) groups excluding carboxylic acids is 3. The van der Waals surface area contributed by atoms with E-state index >= 15 is 0 Å². The second-order valence-electron chi connectivity index (χ2n) is 8.02. The number of nitrogens with one attached hydrogen (secondary N) is 2. The van der Waals surface area contributed by atoms with Crippen LogP contribution in [0.3, 0.4) is 0 Å². The molecule has 1 atom stereocenters. The maximum atomic E-state index is 12.8. The minimum Gasteiger partial charge on any atom is -0.487 e. The Hall–Kier alpha value is -3.52. The highest BCUT2D eigenvalue weighted by molar-refractivity contribution is 7.09. The third kappa shape index (κ3) is 4.96. The highest BCUT2D eigenvalue weighted by Gasteiger charge is 2.42. The van der Waals surface area contributed by atoms with Gasteiger partial charge in [0, 0.05) is 23.1 Å². The Balaban J connectivity index is 1.42. The van der Waals surface area contributed by atoms with Gasteiger partial charge in [0.15, 0.2) is 0 Å². The van der Waals surface area contributed by atoms with Crippen molar-refractivity contribution >= 4 is 34.7 Å². The molecule has 33 heavy (non-hydrogen) atoms. The van der Waals surface area contributed by atoms with Crippen molar-refractivity contribution in [2.45, 2.75) is 45.1 Å². The quantitative estimate of drug-likeness (QED) is 0.507. The van der Waals surface area contributed by atoms with Crippen LogP contribution in [0.5, 0.6) is 5.75 Å². The minimum absolute atomic E-state index is 0.235. The molecule has 1 aromatic heterocycles. The van der Waals surface area contributed by atoms with E-state index in [1.165, 1.54) is 0 Å². The van der Waals surface area contributed by atoms with Crippen LogP contribution < -0.4 is 15.4 Å². The molecule has 2 aromatic carbocycles. The molecule has 0 bridgehead atoms. The van der Waals surface area contributed by atoms with E-state index in [9.17, 15) is 14.4 Å². The standard InChI is InChI=1S/C25H25N3O4S/c1-3-25(12-11-22(29)28-24(25)31)18-7-9-19(10-8-18)27-23(30)17-5-4-6-21(13-17)32-14-20-15-33-16(2)26-20/h4-10,13,15H,3,11-12,14H2,1-2H3,(H,27,30)(H,28,29,31). The van der Waals surface area contributed by atoms with Gasteiger partial charge in [-0.05, 0) is 55.7 Å². The first kappa shape index (κ1) is 22.7. The zero-order valence-corrected chi connectivity index (χ0v) is 19.3. The lowest BCUT2D eigenvalue weighted by atomic mass is 9.72. The average Bonchev–Trinajstić information content (AvgIpc) is 3.24. The normalized spacial score (nSPS) is 18.0. The van der Waals surface area contributed by atoms with Crippen molar-refractivity contribution in [3.63, 3.8) is 0 Å². The third-order valence-electron chi connectivity index (χ3n) is 5.91. The molecule has 1 fully saturated rings. The van der Waals surface area contributed by atoms with Crippen molar-refractivity contribution in [1.29, 1.82) is 0 Å². The first-order valence-corrected chi connectivity index (χ1v) is 11.7. The Morgan fingerprint density at radius 3 is 2.67 bits per heavy atom.